The fraction of sp³-hybridized carbons (Fsp3) is 0.488. The summed E-state index contributed by atoms with van der Waals surface area (Å²) in [6, 6.07) is 12.8. The van der Waals surface area contributed by atoms with Gasteiger partial charge in [-0.1, -0.05) is 57.9 Å². The number of piperazine rings is 1. The lowest BCUT2D eigenvalue weighted by molar-refractivity contribution is -0.128. The molecule has 0 saturated carbocycles. The van der Waals surface area contributed by atoms with Gasteiger partial charge in [0.05, 0.1) is 25.2 Å². The molecule has 0 aliphatic carbocycles. The van der Waals surface area contributed by atoms with E-state index in [2.05, 4.69) is 65.8 Å². The van der Waals surface area contributed by atoms with Gasteiger partial charge >= 0.3 is 12.1 Å². The van der Waals surface area contributed by atoms with Crippen LogP contribution in [0.1, 0.15) is 69.6 Å². The van der Waals surface area contributed by atoms with Gasteiger partial charge in [0.25, 0.3) is 0 Å². The van der Waals surface area contributed by atoms with Crippen molar-refractivity contribution in [2.75, 3.05) is 62.7 Å². The molecule has 18 heteroatoms. The topological polar surface area (TPSA) is 250 Å². The molecule has 5 amide bonds. The maximum atomic E-state index is 13.2. The molecule has 1 aliphatic heterocycles. The molecule has 4 aromatic rings. The minimum absolute atomic E-state index is 0.0642. The van der Waals surface area contributed by atoms with Crippen LogP contribution >= 0.6 is 0 Å². The van der Waals surface area contributed by atoms with Crippen LogP contribution < -0.4 is 43.2 Å². The Morgan fingerprint density at radius 3 is 2.31 bits per heavy atom. The normalized spacial score (nSPS) is 14.0. The number of unbranched alkanes of at least 4 members (excludes halogenated alkanes) is 2. The Bertz CT molecular complexity index is 2080. The number of nitrogens with two attached hydrogens (primary N) is 3. The summed E-state index contributed by atoms with van der Waals surface area (Å²) in [4.78, 5) is 62.9. The number of benzene rings is 2. The van der Waals surface area contributed by atoms with E-state index in [1.165, 1.54) is 0 Å². The molecule has 0 bridgehead atoms. The Hall–Kier alpha value is -6.14. The number of nitrogens with zero attached hydrogens (tertiary/aromatic N) is 5. The van der Waals surface area contributed by atoms with Crippen molar-refractivity contribution in [3.8, 4) is 5.75 Å². The van der Waals surface area contributed by atoms with Crippen molar-refractivity contribution in [1.29, 1.82) is 0 Å². The van der Waals surface area contributed by atoms with Gasteiger partial charge in [-0.05, 0) is 60.6 Å². The Morgan fingerprint density at radius 2 is 1.62 bits per heavy atom. The SMILES string of the molecule is CCCCCNc1nc(N)nc2ccn(Cc3ccc(CN4CCN(C(=O)OCc5ccc(NC(=O)C(CCCNC(N)=O)NC(=O)C(N)C(C)C)cc5)CC4)cc3OC)c12. The fourth-order valence-electron chi connectivity index (χ4n) is 7.02. The van der Waals surface area contributed by atoms with Gasteiger partial charge in [-0.2, -0.15) is 4.98 Å². The number of nitrogen functional groups attached to an aromatic ring is 1. The molecule has 330 valence electrons. The maximum Gasteiger partial charge on any atom is 0.410 e. The first kappa shape index (κ1) is 45.9. The molecular weight excluding hydrogens is 781 g/mol. The van der Waals surface area contributed by atoms with Gasteiger partial charge in [0.15, 0.2) is 5.82 Å². The molecular formula is C43H62N12O6. The van der Waals surface area contributed by atoms with Crippen LogP contribution in [0.25, 0.3) is 11.0 Å². The summed E-state index contributed by atoms with van der Waals surface area (Å²) in [5.74, 6) is 0.770. The highest BCUT2D eigenvalue weighted by atomic mass is 16.6. The molecule has 3 heterocycles. The first-order valence-electron chi connectivity index (χ1n) is 21.0. The van der Waals surface area contributed by atoms with Crippen LogP contribution in [0.3, 0.4) is 0 Å². The summed E-state index contributed by atoms with van der Waals surface area (Å²) in [6.07, 6.45) is 5.58. The van der Waals surface area contributed by atoms with Crippen molar-refractivity contribution in [2.45, 2.75) is 84.7 Å². The van der Waals surface area contributed by atoms with E-state index in [9.17, 15) is 19.2 Å². The van der Waals surface area contributed by atoms with Crippen molar-refractivity contribution in [2.24, 2.45) is 17.4 Å². The Balaban J connectivity index is 1.08. The van der Waals surface area contributed by atoms with Crippen LogP contribution in [0.15, 0.2) is 54.7 Å². The molecule has 1 aliphatic rings. The van der Waals surface area contributed by atoms with E-state index >= 15 is 0 Å². The summed E-state index contributed by atoms with van der Waals surface area (Å²) in [6.45, 7) is 10.6. The molecule has 2 aromatic carbocycles. The number of anilines is 3. The summed E-state index contributed by atoms with van der Waals surface area (Å²) >= 11 is 0. The number of aromatic nitrogens is 3. The summed E-state index contributed by atoms with van der Waals surface area (Å²) < 4.78 is 13.6. The van der Waals surface area contributed by atoms with Gasteiger partial charge in [-0.25, -0.2) is 14.6 Å². The third-order valence-corrected chi connectivity index (χ3v) is 10.6. The van der Waals surface area contributed by atoms with Crippen molar-refractivity contribution >= 4 is 52.4 Å². The van der Waals surface area contributed by atoms with E-state index in [4.69, 9.17) is 26.7 Å². The molecule has 10 N–H and O–H groups in total. The van der Waals surface area contributed by atoms with Gasteiger partial charge in [-0.15, -0.1) is 0 Å². The highest BCUT2D eigenvalue weighted by Gasteiger charge is 2.26. The molecule has 0 radical (unpaired) electrons. The monoisotopic (exact) mass is 842 g/mol. The number of nitrogens with one attached hydrogen (secondary N) is 4. The second kappa shape index (κ2) is 22.5. The van der Waals surface area contributed by atoms with Crippen molar-refractivity contribution < 1.29 is 28.7 Å². The number of ether oxygens (including phenoxy) is 2. The van der Waals surface area contributed by atoms with Gasteiger partial charge in [-0.3, -0.25) is 14.5 Å². The number of fused-ring (bicyclic) bond motifs is 1. The third kappa shape index (κ3) is 13.4. The zero-order valence-corrected chi connectivity index (χ0v) is 35.7. The minimum atomic E-state index is -0.882. The van der Waals surface area contributed by atoms with Crippen LogP contribution in [0.2, 0.25) is 0 Å². The lowest BCUT2D eigenvalue weighted by Gasteiger charge is -2.34. The lowest BCUT2D eigenvalue weighted by atomic mass is 10.0. The number of methoxy groups -OCH3 is 1. The number of carbonyl (C=O) groups is 4. The number of primary amides is 1. The van der Waals surface area contributed by atoms with Gasteiger partial charge in [0.1, 0.15) is 23.9 Å². The predicted molar refractivity (Wildman–Crippen MR) is 236 cm³/mol. The van der Waals surface area contributed by atoms with E-state index in [0.29, 0.717) is 51.4 Å². The van der Waals surface area contributed by atoms with Crippen molar-refractivity contribution in [1.82, 2.24) is 35.0 Å². The second-order valence-corrected chi connectivity index (χ2v) is 15.7. The van der Waals surface area contributed by atoms with Gasteiger partial charge in [0, 0.05) is 63.3 Å². The highest BCUT2D eigenvalue weighted by molar-refractivity contribution is 5.98. The van der Waals surface area contributed by atoms with E-state index in [1.54, 1.807) is 36.3 Å². The molecule has 2 atom stereocenters. The molecule has 2 aromatic heterocycles. The van der Waals surface area contributed by atoms with Gasteiger partial charge in [0.2, 0.25) is 17.8 Å². The molecule has 5 rings (SSSR count). The average Bonchev–Trinajstić information content (AvgIpc) is 3.65. The van der Waals surface area contributed by atoms with Crippen LogP contribution in [0.4, 0.5) is 27.0 Å². The number of amides is 5. The quantitative estimate of drug-likeness (QED) is 0.0589. The zero-order valence-electron chi connectivity index (χ0n) is 35.7. The third-order valence-electron chi connectivity index (χ3n) is 10.6. The average molecular weight is 843 g/mol. The largest absolute Gasteiger partial charge is 0.496 e. The molecule has 61 heavy (non-hydrogen) atoms. The van der Waals surface area contributed by atoms with E-state index in [1.807, 2.05) is 26.1 Å². The molecule has 0 spiro atoms. The molecule has 1 fully saturated rings. The first-order valence-corrected chi connectivity index (χ1v) is 21.0. The van der Waals surface area contributed by atoms with Crippen molar-refractivity contribution in [3.05, 3.63) is 71.4 Å². The maximum absolute atomic E-state index is 13.2. The van der Waals surface area contributed by atoms with Crippen molar-refractivity contribution in [3.63, 3.8) is 0 Å². The van der Waals surface area contributed by atoms with Gasteiger partial charge < -0.3 is 57.4 Å². The predicted octanol–water partition coefficient (Wildman–Crippen LogP) is 3.98. The highest BCUT2D eigenvalue weighted by Crippen LogP contribution is 2.28. The Kier molecular flexibility index (Phi) is 16.9. The van der Waals surface area contributed by atoms with Crippen LogP contribution in [-0.4, -0.2) is 107 Å². The number of hydrogen-bond acceptors (Lipinski definition) is 12. The van der Waals surface area contributed by atoms with E-state index < -0.39 is 36.0 Å². The molecule has 1 saturated heterocycles. The van der Waals surface area contributed by atoms with E-state index in [-0.39, 0.29) is 31.4 Å². The molecule has 18 nitrogen and oxygen atoms in total. The van der Waals surface area contributed by atoms with Crippen LogP contribution in [-0.2, 0) is 34.0 Å². The Morgan fingerprint density at radius 1 is 0.885 bits per heavy atom. The number of urea groups is 1. The fourth-order valence-corrected chi connectivity index (χ4v) is 7.02. The van der Waals surface area contributed by atoms with Crippen LogP contribution in [0, 0.1) is 5.92 Å². The summed E-state index contributed by atoms with van der Waals surface area (Å²) in [5, 5.41) is 11.5. The number of hydrogen-bond donors (Lipinski definition) is 7. The smallest absolute Gasteiger partial charge is 0.410 e. The van der Waals surface area contributed by atoms with E-state index in [0.717, 1.165) is 65.1 Å². The number of rotatable bonds is 21. The molecule has 2 unspecified atom stereocenters. The number of carbonyl (C=O) groups excluding carboxylic acids is 4. The first-order chi connectivity index (χ1) is 29.3. The van der Waals surface area contributed by atoms with Crippen LogP contribution in [0.5, 0.6) is 5.75 Å². The standard InChI is InChI=1S/C43H62N12O6/c1-5-6-7-17-47-38-37-33(51-41(45)52-38)16-19-55(37)26-31-13-10-30(24-35(31)60-4)25-53-20-22-54(23-21-53)43(59)61-27-29-11-14-32(15-12-29)49-39(56)34(9-8-18-48-42(46)58)50-40(57)36(44)28(2)3/h10-16,19,24,28,34,36H,5-9,17-18,20-23,25-27,44H2,1-4H3,(H,49,56)(H,50,57)(H3,46,48,58)(H3,45,47,51,52). The summed E-state index contributed by atoms with van der Waals surface area (Å²) in [5.41, 5.74) is 22.2. The minimum Gasteiger partial charge on any atom is -0.496 e. The second-order valence-electron chi connectivity index (χ2n) is 15.7. The summed E-state index contributed by atoms with van der Waals surface area (Å²) in [7, 11) is 1.68. The zero-order chi connectivity index (χ0) is 43.9. The lowest BCUT2D eigenvalue weighted by Crippen LogP contribution is -2.51. The Labute approximate surface area is 357 Å².